The molecular formula is C48H32N2Se. The normalized spacial score (nSPS) is 11.5. The average molecular weight is 716 g/mol. The van der Waals surface area contributed by atoms with Crippen molar-refractivity contribution in [2.75, 3.05) is 4.90 Å². The van der Waals surface area contributed by atoms with Gasteiger partial charge in [-0.05, 0) is 29.3 Å². The Morgan fingerprint density at radius 3 is 1.61 bits per heavy atom. The van der Waals surface area contributed by atoms with E-state index in [0.29, 0.717) is 14.5 Å². The molecule has 10 rings (SSSR count). The summed E-state index contributed by atoms with van der Waals surface area (Å²) in [4.78, 5) is 2.38. The fourth-order valence-corrected chi connectivity index (χ4v) is 9.82. The zero-order valence-corrected chi connectivity index (χ0v) is 29.5. The summed E-state index contributed by atoms with van der Waals surface area (Å²) in [5, 5.41) is 5.25. The molecule has 0 saturated carbocycles. The van der Waals surface area contributed by atoms with Gasteiger partial charge >= 0.3 is 181 Å². The molecule has 0 aliphatic rings. The van der Waals surface area contributed by atoms with Crippen molar-refractivity contribution in [1.82, 2.24) is 4.57 Å². The summed E-state index contributed by atoms with van der Waals surface area (Å²) >= 11 is 0.374. The molecule has 0 saturated heterocycles. The molecule has 8 aromatic carbocycles. The van der Waals surface area contributed by atoms with Gasteiger partial charge in [0.2, 0.25) is 0 Å². The molecule has 0 fully saturated rings. The zero-order chi connectivity index (χ0) is 33.7. The Balaban J connectivity index is 1.11. The van der Waals surface area contributed by atoms with Crippen LogP contribution in [0.2, 0.25) is 0 Å². The van der Waals surface area contributed by atoms with E-state index >= 15 is 0 Å². The Morgan fingerprint density at radius 2 is 0.863 bits per heavy atom. The van der Waals surface area contributed by atoms with Gasteiger partial charge in [-0.15, -0.1) is 0 Å². The van der Waals surface area contributed by atoms with E-state index in [9.17, 15) is 0 Å². The number of hydrogen-bond acceptors (Lipinski definition) is 1. The first-order valence-electron chi connectivity index (χ1n) is 17.3. The zero-order valence-electron chi connectivity index (χ0n) is 27.8. The molecule has 3 heteroatoms. The summed E-state index contributed by atoms with van der Waals surface area (Å²) in [7, 11) is 0. The van der Waals surface area contributed by atoms with E-state index in [2.05, 4.69) is 204 Å². The average Bonchev–Trinajstić information content (AvgIpc) is 3.74. The third kappa shape index (κ3) is 5.18. The first kappa shape index (κ1) is 29.8. The van der Waals surface area contributed by atoms with Gasteiger partial charge in [0.1, 0.15) is 0 Å². The van der Waals surface area contributed by atoms with Crippen LogP contribution in [-0.2, 0) is 0 Å². The maximum absolute atomic E-state index is 2.38. The Labute approximate surface area is 302 Å². The van der Waals surface area contributed by atoms with Gasteiger partial charge in [-0.25, -0.2) is 0 Å². The number of fused-ring (bicyclic) bond motifs is 6. The third-order valence-electron chi connectivity index (χ3n) is 10.00. The topological polar surface area (TPSA) is 8.17 Å². The van der Waals surface area contributed by atoms with E-state index in [-0.39, 0.29) is 0 Å². The van der Waals surface area contributed by atoms with Crippen molar-refractivity contribution in [1.29, 1.82) is 0 Å². The van der Waals surface area contributed by atoms with E-state index in [4.69, 9.17) is 0 Å². The fourth-order valence-electron chi connectivity index (χ4n) is 7.54. The molecule has 0 spiro atoms. The van der Waals surface area contributed by atoms with Gasteiger partial charge in [-0.2, -0.15) is 0 Å². The van der Waals surface area contributed by atoms with Crippen LogP contribution in [0.15, 0.2) is 194 Å². The fraction of sp³-hybridized carbons (Fsp3) is 0. The Bertz CT molecular complexity index is 2830. The van der Waals surface area contributed by atoms with Gasteiger partial charge in [0, 0.05) is 11.1 Å². The van der Waals surface area contributed by atoms with Crippen LogP contribution in [0.1, 0.15) is 0 Å². The molecule has 0 amide bonds. The van der Waals surface area contributed by atoms with Gasteiger partial charge in [-0.1, -0.05) is 66.7 Å². The van der Waals surface area contributed by atoms with Crippen LogP contribution in [0.25, 0.3) is 69.0 Å². The van der Waals surface area contributed by atoms with Gasteiger partial charge in [0.05, 0.1) is 11.0 Å². The second-order valence-corrected chi connectivity index (χ2v) is 15.3. The van der Waals surface area contributed by atoms with Crippen molar-refractivity contribution in [3.05, 3.63) is 194 Å². The van der Waals surface area contributed by atoms with E-state index < -0.39 is 0 Å². The van der Waals surface area contributed by atoms with E-state index in [1.807, 2.05) is 0 Å². The number of anilines is 3. The second-order valence-electron chi connectivity index (χ2n) is 13.0. The predicted molar refractivity (Wildman–Crippen MR) is 218 cm³/mol. The van der Waals surface area contributed by atoms with Gasteiger partial charge in [0.15, 0.2) is 0 Å². The minimum Gasteiger partial charge on any atom is -0.0617 e. The number of rotatable bonds is 6. The molecular weight excluding hydrogens is 684 g/mol. The molecule has 0 atom stereocenters. The molecule has 0 aliphatic carbocycles. The molecule has 2 aromatic heterocycles. The summed E-state index contributed by atoms with van der Waals surface area (Å²) in [5.41, 5.74) is 11.8. The molecule has 51 heavy (non-hydrogen) atoms. The van der Waals surface area contributed by atoms with Crippen molar-refractivity contribution in [3.63, 3.8) is 0 Å². The second kappa shape index (κ2) is 12.3. The first-order valence-corrected chi connectivity index (χ1v) is 19.1. The molecule has 2 heterocycles. The monoisotopic (exact) mass is 716 g/mol. The molecule has 10 aromatic rings. The van der Waals surface area contributed by atoms with Gasteiger partial charge in [0.25, 0.3) is 0 Å². The van der Waals surface area contributed by atoms with Crippen molar-refractivity contribution in [3.8, 4) is 27.9 Å². The van der Waals surface area contributed by atoms with Gasteiger partial charge in [-0.3, -0.25) is 0 Å². The van der Waals surface area contributed by atoms with Crippen LogP contribution in [-0.4, -0.2) is 19.1 Å². The van der Waals surface area contributed by atoms with Crippen molar-refractivity contribution in [2.24, 2.45) is 0 Å². The summed E-state index contributed by atoms with van der Waals surface area (Å²) in [6.45, 7) is 0. The number of para-hydroxylation sites is 2. The quantitative estimate of drug-likeness (QED) is 0.156. The summed E-state index contributed by atoms with van der Waals surface area (Å²) in [6.07, 6.45) is 0. The van der Waals surface area contributed by atoms with Crippen molar-refractivity contribution in [2.45, 2.75) is 0 Å². The van der Waals surface area contributed by atoms with Crippen LogP contribution < -0.4 is 4.90 Å². The number of nitrogens with zero attached hydrogens (tertiary/aromatic N) is 2. The molecule has 240 valence electrons. The Kier molecular flexibility index (Phi) is 7.20. The van der Waals surface area contributed by atoms with Crippen LogP contribution in [0.3, 0.4) is 0 Å². The molecule has 0 aliphatic heterocycles. The van der Waals surface area contributed by atoms with Crippen LogP contribution in [0, 0.1) is 0 Å². The maximum atomic E-state index is 2.38. The number of benzene rings is 8. The molecule has 2 nitrogen and oxygen atoms in total. The minimum absolute atomic E-state index is 0.374. The molecule has 0 N–H and O–H groups in total. The van der Waals surface area contributed by atoms with E-state index in [1.54, 1.807) is 0 Å². The Hall–Kier alpha value is -6.12. The van der Waals surface area contributed by atoms with Crippen molar-refractivity contribution >= 4 is 72.7 Å². The summed E-state index contributed by atoms with van der Waals surface area (Å²) < 4.78 is 5.32. The number of aromatic nitrogens is 1. The predicted octanol–water partition coefficient (Wildman–Crippen LogP) is 13.0. The summed E-state index contributed by atoms with van der Waals surface area (Å²) in [6, 6.07) is 70.8. The standard InChI is InChI=1S/C48H32N2Se/c1-3-11-33(12-4-1)34-19-24-38(25-20-34)49(39-26-21-35(22-27-39)36-23-30-48-44(31-36)42-16-8-10-18-47(42)51-48)40-28-29-46-43(32-40)41-15-7-9-17-45(41)50(46)37-13-5-2-6-14-37/h1-32H. The molecule has 0 radical (unpaired) electrons. The third-order valence-corrected chi connectivity index (χ3v) is 12.4. The van der Waals surface area contributed by atoms with Crippen LogP contribution >= 0.6 is 0 Å². The van der Waals surface area contributed by atoms with E-state index in [1.165, 1.54) is 63.4 Å². The van der Waals surface area contributed by atoms with Gasteiger partial charge < -0.3 is 4.57 Å². The van der Waals surface area contributed by atoms with Crippen LogP contribution in [0.5, 0.6) is 0 Å². The molecule has 0 bridgehead atoms. The van der Waals surface area contributed by atoms with E-state index in [0.717, 1.165) is 22.7 Å². The minimum atomic E-state index is 0.374. The Morgan fingerprint density at radius 1 is 0.333 bits per heavy atom. The SMILES string of the molecule is c1ccc(-c2ccc(N(c3ccc(-c4ccc5[se]c6ccccc6c5c4)cc3)c3ccc4c(c3)c3ccccc3n4-c3ccccc3)cc2)cc1. The smallest absolute Gasteiger partial charge is 0.0617 e. The summed E-state index contributed by atoms with van der Waals surface area (Å²) in [5.74, 6) is 0. The van der Waals surface area contributed by atoms with Crippen LogP contribution in [0.4, 0.5) is 17.1 Å². The van der Waals surface area contributed by atoms with Crippen molar-refractivity contribution < 1.29 is 0 Å². The molecule has 0 unspecified atom stereocenters. The first-order chi connectivity index (χ1) is 25.3. The number of hydrogen-bond donors (Lipinski definition) is 0.